The van der Waals surface area contributed by atoms with Gasteiger partial charge in [0.15, 0.2) is 0 Å². The Bertz CT molecular complexity index is 821. The van der Waals surface area contributed by atoms with Crippen molar-refractivity contribution in [3.05, 3.63) is 70.7 Å². The maximum absolute atomic E-state index is 9.14. The molecule has 0 radical (unpaired) electrons. The number of rotatable bonds is 2. The van der Waals surface area contributed by atoms with Gasteiger partial charge in [-0.1, -0.05) is 46.3 Å². The van der Waals surface area contributed by atoms with E-state index in [0.29, 0.717) is 11.3 Å². The second-order valence-corrected chi connectivity index (χ2v) is 5.28. The number of benzene rings is 3. The summed E-state index contributed by atoms with van der Waals surface area (Å²) in [5, 5.41) is 11.4. The van der Waals surface area contributed by atoms with E-state index >= 15 is 0 Å². The molecule has 0 bridgehead atoms. The van der Waals surface area contributed by atoms with Crippen LogP contribution in [-0.4, -0.2) is 0 Å². The third kappa shape index (κ3) is 2.52. The zero-order valence-electron chi connectivity index (χ0n) is 10.5. The van der Waals surface area contributed by atoms with Gasteiger partial charge in [-0.2, -0.15) is 5.26 Å². The van der Waals surface area contributed by atoms with Gasteiger partial charge >= 0.3 is 0 Å². The van der Waals surface area contributed by atoms with E-state index in [1.807, 2.05) is 42.5 Å². The first-order valence-electron chi connectivity index (χ1n) is 6.12. The van der Waals surface area contributed by atoms with Crippen LogP contribution >= 0.6 is 15.9 Å². The van der Waals surface area contributed by atoms with Crippen molar-refractivity contribution < 1.29 is 4.74 Å². The monoisotopic (exact) mass is 323 g/mol. The Hall–Kier alpha value is -2.31. The lowest BCUT2D eigenvalue weighted by Gasteiger charge is -2.08. The minimum Gasteiger partial charge on any atom is -0.456 e. The van der Waals surface area contributed by atoms with Crippen molar-refractivity contribution in [2.45, 2.75) is 0 Å². The molecule has 20 heavy (non-hydrogen) atoms. The Kier molecular flexibility index (Phi) is 3.41. The molecule has 0 saturated carbocycles. The zero-order chi connectivity index (χ0) is 13.9. The summed E-state index contributed by atoms with van der Waals surface area (Å²) in [5.41, 5.74) is 0.507. The lowest BCUT2D eigenvalue weighted by atomic mass is 10.1. The SMILES string of the molecule is N#Cc1cc(Br)ccc1Oc1ccc2ccccc2c1. The molecular formula is C17H10BrNO. The summed E-state index contributed by atoms with van der Waals surface area (Å²) in [7, 11) is 0. The third-order valence-corrected chi connectivity index (χ3v) is 3.50. The molecule has 0 spiro atoms. The summed E-state index contributed by atoms with van der Waals surface area (Å²) in [6, 6.07) is 21.5. The Balaban J connectivity index is 1.99. The fourth-order valence-electron chi connectivity index (χ4n) is 2.04. The topological polar surface area (TPSA) is 33.0 Å². The molecule has 0 amide bonds. The second-order valence-electron chi connectivity index (χ2n) is 4.36. The summed E-state index contributed by atoms with van der Waals surface area (Å²) in [5.74, 6) is 1.29. The van der Waals surface area contributed by atoms with Crippen molar-refractivity contribution in [2.24, 2.45) is 0 Å². The van der Waals surface area contributed by atoms with Crippen molar-refractivity contribution in [2.75, 3.05) is 0 Å². The molecule has 96 valence electrons. The van der Waals surface area contributed by atoms with Crippen LogP contribution in [0.15, 0.2) is 65.1 Å². The van der Waals surface area contributed by atoms with E-state index in [9.17, 15) is 0 Å². The highest BCUT2D eigenvalue weighted by atomic mass is 79.9. The highest BCUT2D eigenvalue weighted by Gasteiger charge is 2.06. The summed E-state index contributed by atoms with van der Waals surface area (Å²) in [6.45, 7) is 0. The van der Waals surface area contributed by atoms with Crippen LogP contribution in [-0.2, 0) is 0 Å². The minimum atomic E-state index is 0.507. The number of nitriles is 1. The van der Waals surface area contributed by atoms with Gasteiger partial charge in [0.25, 0.3) is 0 Å². The predicted octanol–water partition coefficient (Wildman–Crippen LogP) is 5.27. The quantitative estimate of drug-likeness (QED) is 0.643. The fraction of sp³-hybridized carbons (Fsp3) is 0. The lowest BCUT2D eigenvalue weighted by molar-refractivity contribution is 0.482. The van der Waals surface area contributed by atoms with Gasteiger partial charge in [-0.3, -0.25) is 0 Å². The first-order chi connectivity index (χ1) is 9.76. The number of ether oxygens (including phenoxy) is 1. The third-order valence-electron chi connectivity index (χ3n) is 3.01. The Morgan fingerprint density at radius 1 is 0.900 bits per heavy atom. The molecule has 0 aromatic heterocycles. The number of hydrogen-bond acceptors (Lipinski definition) is 2. The van der Waals surface area contributed by atoms with Crippen molar-refractivity contribution in [3.8, 4) is 17.6 Å². The van der Waals surface area contributed by atoms with Crippen molar-refractivity contribution in [1.29, 1.82) is 5.26 Å². The maximum atomic E-state index is 9.14. The second kappa shape index (κ2) is 5.36. The maximum Gasteiger partial charge on any atom is 0.145 e. The van der Waals surface area contributed by atoms with E-state index in [1.165, 1.54) is 0 Å². The molecule has 0 aliphatic carbocycles. The molecule has 0 heterocycles. The van der Waals surface area contributed by atoms with Crippen LogP contribution in [0, 0.1) is 11.3 Å². The molecule has 0 unspecified atom stereocenters. The van der Waals surface area contributed by atoms with E-state index in [-0.39, 0.29) is 0 Å². The van der Waals surface area contributed by atoms with Crippen molar-refractivity contribution >= 4 is 26.7 Å². The van der Waals surface area contributed by atoms with Crippen LogP contribution < -0.4 is 4.74 Å². The summed E-state index contributed by atoms with van der Waals surface area (Å²) < 4.78 is 6.68. The van der Waals surface area contributed by atoms with Gasteiger partial charge in [0.05, 0.1) is 5.56 Å². The largest absolute Gasteiger partial charge is 0.456 e. The Morgan fingerprint density at radius 3 is 2.50 bits per heavy atom. The molecular weight excluding hydrogens is 314 g/mol. The van der Waals surface area contributed by atoms with Gasteiger partial charge in [0, 0.05) is 4.47 Å². The average molecular weight is 324 g/mol. The number of fused-ring (bicyclic) bond motifs is 1. The van der Waals surface area contributed by atoms with E-state index in [2.05, 4.69) is 28.1 Å². The van der Waals surface area contributed by atoms with Crippen LogP contribution in [0.1, 0.15) is 5.56 Å². The lowest BCUT2D eigenvalue weighted by Crippen LogP contribution is -1.88. The van der Waals surface area contributed by atoms with Crippen LogP contribution in [0.3, 0.4) is 0 Å². The van der Waals surface area contributed by atoms with Gasteiger partial charge in [-0.05, 0) is 41.1 Å². The highest BCUT2D eigenvalue weighted by molar-refractivity contribution is 9.10. The average Bonchev–Trinajstić information content (AvgIpc) is 2.49. The molecule has 3 rings (SSSR count). The minimum absolute atomic E-state index is 0.507. The molecule has 0 saturated heterocycles. The van der Waals surface area contributed by atoms with E-state index in [4.69, 9.17) is 10.00 Å². The van der Waals surface area contributed by atoms with Gasteiger partial charge in [0.2, 0.25) is 0 Å². The van der Waals surface area contributed by atoms with Gasteiger partial charge in [0.1, 0.15) is 17.6 Å². The van der Waals surface area contributed by atoms with Crippen LogP contribution in [0.5, 0.6) is 11.5 Å². The zero-order valence-corrected chi connectivity index (χ0v) is 12.1. The first kappa shape index (κ1) is 12.7. The van der Waals surface area contributed by atoms with Crippen LogP contribution in [0.25, 0.3) is 10.8 Å². The molecule has 0 aliphatic rings. The number of halogens is 1. The van der Waals surface area contributed by atoms with E-state index in [1.54, 1.807) is 12.1 Å². The number of hydrogen-bond donors (Lipinski definition) is 0. The van der Waals surface area contributed by atoms with Gasteiger partial charge in [-0.25, -0.2) is 0 Å². The molecule has 0 N–H and O–H groups in total. The summed E-state index contributed by atoms with van der Waals surface area (Å²) in [4.78, 5) is 0. The highest BCUT2D eigenvalue weighted by Crippen LogP contribution is 2.29. The smallest absolute Gasteiger partial charge is 0.145 e. The molecule has 0 atom stereocenters. The number of nitrogens with zero attached hydrogens (tertiary/aromatic N) is 1. The van der Waals surface area contributed by atoms with Crippen LogP contribution in [0.4, 0.5) is 0 Å². The normalized spacial score (nSPS) is 10.2. The molecule has 3 aromatic rings. The van der Waals surface area contributed by atoms with Crippen molar-refractivity contribution in [1.82, 2.24) is 0 Å². The Labute approximate surface area is 125 Å². The molecule has 0 fully saturated rings. The van der Waals surface area contributed by atoms with E-state index in [0.717, 1.165) is 21.0 Å². The fourth-order valence-corrected chi connectivity index (χ4v) is 2.40. The van der Waals surface area contributed by atoms with E-state index < -0.39 is 0 Å². The first-order valence-corrected chi connectivity index (χ1v) is 6.92. The van der Waals surface area contributed by atoms with Crippen LogP contribution in [0.2, 0.25) is 0 Å². The molecule has 3 heteroatoms. The van der Waals surface area contributed by atoms with Crippen molar-refractivity contribution in [3.63, 3.8) is 0 Å². The molecule has 3 aromatic carbocycles. The predicted molar refractivity (Wildman–Crippen MR) is 82.9 cm³/mol. The van der Waals surface area contributed by atoms with Gasteiger partial charge < -0.3 is 4.74 Å². The summed E-state index contributed by atoms with van der Waals surface area (Å²) in [6.07, 6.45) is 0. The summed E-state index contributed by atoms with van der Waals surface area (Å²) >= 11 is 3.35. The standard InChI is InChI=1S/C17H10BrNO/c18-15-6-8-17(14(9-15)11-19)20-16-7-5-12-3-1-2-4-13(12)10-16/h1-10H. The Morgan fingerprint density at radius 2 is 1.70 bits per heavy atom. The molecule has 2 nitrogen and oxygen atoms in total. The van der Waals surface area contributed by atoms with Gasteiger partial charge in [-0.15, -0.1) is 0 Å². The molecule has 0 aliphatic heterocycles.